The zero-order chi connectivity index (χ0) is 28.1. The Labute approximate surface area is 225 Å². The minimum absolute atomic E-state index is 0.0377. The first-order chi connectivity index (χ1) is 18.1. The Kier molecular flexibility index (Phi) is 9.55. The SMILES string of the molecule is CCOC(=O)c1[nH]c(C)c(C(O)=C2C(=O)C(=O)N(CCCN(CC)CC)C2c2ccc(C(C)C)cc2)c1C. The Bertz CT molecular complexity index is 1210. The van der Waals surface area contributed by atoms with Gasteiger partial charge in [-0.3, -0.25) is 9.59 Å². The molecule has 1 fully saturated rings. The van der Waals surface area contributed by atoms with Gasteiger partial charge in [-0.1, -0.05) is 52.0 Å². The van der Waals surface area contributed by atoms with Crippen LogP contribution in [0.4, 0.5) is 0 Å². The van der Waals surface area contributed by atoms with Crippen molar-refractivity contribution in [2.75, 3.05) is 32.8 Å². The van der Waals surface area contributed by atoms with Crippen molar-refractivity contribution in [2.45, 2.75) is 66.8 Å². The van der Waals surface area contributed by atoms with E-state index in [-0.39, 0.29) is 23.6 Å². The molecule has 0 spiro atoms. The van der Waals surface area contributed by atoms with Crippen LogP contribution in [0.15, 0.2) is 29.8 Å². The van der Waals surface area contributed by atoms with Crippen molar-refractivity contribution in [3.63, 3.8) is 0 Å². The number of hydrogen-bond acceptors (Lipinski definition) is 6. The predicted molar refractivity (Wildman–Crippen MR) is 148 cm³/mol. The summed E-state index contributed by atoms with van der Waals surface area (Å²) in [7, 11) is 0. The number of esters is 1. The molecule has 2 heterocycles. The third-order valence-electron chi connectivity index (χ3n) is 7.38. The van der Waals surface area contributed by atoms with Gasteiger partial charge in [0.1, 0.15) is 11.5 Å². The number of aliphatic hydroxyl groups excluding tert-OH is 1. The molecule has 8 nitrogen and oxygen atoms in total. The van der Waals surface area contributed by atoms with Gasteiger partial charge in [0.05, 0.1) is 18.2 Å². The molecule has 1 aliphatic heterocycles. The molecular formula is C30H41N3O5. The number of aromatic amines is 1. The van der Waals surface area contributed by atoms with Crippen LogP contribution >= 0.6 is 0 Å². The number of Topliss-reactive ketones (excluding diaryl/α,β-unsaturated/α-hetero) is 1. The molecule has 3 rings (SSSR count). The highest BCUT2D eigenvalue weighted by Gasteiger charge is 2.46. The van der Waals surface area contributed by atoms with Crippen molar-refractivity contribution in [2.24, 2.45) is 0 Å². The summed E-state index contributed by atoms with van der Waals surface area (Å²) in [6, 6.07) is 7.13. The van der Waals surface area contributed by atoms with Gasteiger partial charge in [0, 0.05) is 17.8 Å². The van der Waals surface area contributed by atoms with Crippen LogP contribution in [0.1, 0.15) is 91.4 Å². The summed E-state index contributed by atoms with van der Waals surface area (Å²) < 4.78 is 5.14. The largest absolute Gasteiger partial charge is 0.507 e. The van der Waals surface area contributed by atoms with Crippen LogP contribution in [-0.2, 0) is 14.3 Å². The molecule has 1 amide bonds. The summed E-state index contributed by atoms with van der Waals surface area (Å²) in [4.78, 5) is 46.1. The van der Waals surface area contributed by atoms with Crippen LogP contribution in [0.2, 0.25) is 0 Å². The van der Waals surface area contributed by atoms with E-state index in [2.05, 4.69) is 37.6 Å². The second-order valence-corrected chi connectivity index (χ2v) is 10.0. The number of H-pyrrole nitrogens is 1. The van der Waals surface area contributed by atoms with E-state index in [1.807, 2.05) is 24.3 Å². The number of aliphatic hydroxyl groups is 1. The predicted octanol–water partition coefficient (Wildman–Crippen LogP) is 5.09. The molecule has 2 N–H and O–H groups in total. The van der Waals surface area contributed by atoms with Crippen LogP contribution in [-0.4, -0.2) is 70.3 Å². The Balaban J connectivity index is 2.12. The number of likely N-dealkylation sites (tertiary alicyclic amines) is 1. The molecule has 1 saturated heterocycles. The monoisotopic (exact) mass is 523 g/mol. The van der Waals surface area contributed by atoms with Crippen LogP contribution in [0.3, 0.4) is 0 Å². The third-order valence-corrected chi connectivity index (χ3v) is 7.38. The van der Waals surface area contributed by atoms with Gasteiger partial charge < -0.3 is 24.6 Å². The summed E-state index contributed by atoms with van der Waals surface area (Å²) in [5.41, 5.74) is 3.49. The molecule has 1 aliphatic rings. The molecule has 1 unspecified atom stereocenters. The van der Waals surface area contributed by atoms with E-state index in [1.54, 1.807) is 25.7 Å². The molecule has 2 aromatic rings. The highest BCUT2D eigenvalue weighted by atomic mass is 16.5. The maximum absolute atomic E-state index is 13.4. The van der Waals surface area contributed by atoms with Gasteiger partial charge in [-0.15, -0.1) is 0 Å². The maximum Gasteiger partial charge on any atom is 0.355 e. The quantitative estimate of drug-likeness (QED) is 0.184. The highest BCUT2D eigenvalue weighted by Crippen LogP contribution is 2.41. The first kappa shape index (κ1) is 29.2. The Morgan fingerprint density at radius 2 is 1.74 bits per heavy atom. The Morgan fingerprint density at radius 3 is 2.29 bits per heavy atom. The number of carbonyl (C=O) groups is 3. The van der Waals surface area contributed by atoms with Gasteiger partial charge in [0.25, 0.3) is 11.7 Å². The number of benzene rings is 1. The standard InChI is InChI=1S/C30H41N3O5/c1-8-32(9-2)16-11-17-33-26(22-14-12-21(13-15-22)18(4)5)24(28(35)29(33)36)27(34)23-19(6)25(31-20(23)7)30(37)38-10-3/h12-15,18,26,31,34H,8-11,16-17H2,1-7H3. The molecular weight excluding hydrogens is 482 g/mol. The summed E-state index contributed by atoms with van der Waals surface area (Å²) in [6.45, 7) is 16.7. The van der Waals surface area contributed by atoms with Crippen molar-refractivity contribution in [3.8, 4) is 0 Å². The Hall–Kier alpha value is -3.39. The fourth-order valence-corrected chi connectivity index (χ4v) is 5.17. The molecule has 38 heavy (non-hydrogen) atoms. The molecule has 206 valence electrons. The molecule has 0 bridgehead atoms. The van der Waals surface area contributed by atoms with Gasteiger partial charge in [0.15, 0.2) is 0 Å². The molecule has 0 saturated carbocycles. The summed E-state index contributed by atoms with van der Waals surface area (Å²) >= 11 is 0. The van der Waals surface area contributed by atoms with Crippen molar-refractivity contribution >= 4 is 23.4 Å². The lowest BCUT2D eigenvalue weighted by molar-refractivity contribution is -0.140. The third kappa shape index (κ3) is 5.70. The zero-order valence-electron chi connectivity index (χ0n) is 23.7. The average molecular weight is 524 g/mol. The number of ether oxygens (including phenoxy) is 1. The number of aromatic nitrogens is 1. The summed E-state index contributed by atoms with van der Waals surface area (Å²) in [5.74, 6) is -1.84. The minimum Gasteiger partial charge on any atom is -0.507 e. The number of nitrogens with one attached hydrogen (secondary N) is 1. The van der Waals surface area contributed by atoms with Crippen LogP contribution in [0.25, 0.3) is 5.76 Å². The van der Waals surface area contributed by atoms with Crippen LogP contribution in [0, 0.1) is 13.8 Å². The van der Waals surface area contributed by atoms with E-state index in [4.69, 9.17) is 4.74 Å². The zero-order valence-corrected chi connectivity index (χ0v) is 23.7. The molecule has 0 aliphatic carbocycles. The topological polar surface area (TPSA) is 103 Å². The number of ketones is 1. The number of hydrogen-bond donors (Lipinski definition) is 2. The lowest BCUT2D eigenvalue weighted by Gasteiger charge is -2.27. The molecule has 1 aromatic carbocycles. The number of rotatable bonds is 11. The van der Waals surface area contributed by atoms with E-state index in [1.165, 1.54) is 0 Å². The molecule has 1 aromatic heterocycles. The van der Waals surface area contributed by atoms with Crippen LogP contribution in [0.5, 0.6) is 0 Å². The highest BCUT2D eigenvalue weighted by molar-refractivity contribution is 6.46. The normalized spacial score (nSPS) is 17.2. The lowest BCUT2D eigenvalue weighted by Crippen LogP contribution is -2.33. The number of amides is 1. The fraction of sp³-hybridized carbons (Fsp3) is 0.500. The van der Waals surface area contributed by atoms with E-state index in [0.29, 0.717) is 35.7 Å². The van der Waals surface area contributed by atoms with E-state index < -0.39 is 23.7 Å². The second-order valence-electron chi connectivity index (χ2n) is 10.0. The number of aryl methyl sites for hydroxylation is 1. The average Bonchev–Trinajstić information content (AvgIpc) is 3.33. The first-order valence-corrected chi connectivity index (χ1v) is 13.5. The van der Waals surface area contributed by atoms with Crippen molar-refractivity contribution in [1.29, 1.82) is 0 Å². The first-order valence-electron chi connectivity index (χ1n) is 13.5. The second kappa shape index (κ2) is 12.4. The molecule has 8 heteroatoms. The van der Waals surface area contributed by atoms with Crippen molar-refractivity contribution < 1.29 is 24.2 Å². The Morgan fingerprint density at radius 1 is 1.11 bits per heavy atom. The van der Waals surface area contributed by atoms with Gasteiger partial charge >= 0.3 is 5.97 Å². The van der Waals surface area contributed by atoms with Gasteiger partial charge in [-0.05, 0) is 69.4 Å². The lowest BCUT2D eigenvalue weighted by atomic mass is 9.92. The maximum atomic E-state index is 13.4. The fourth-order valence-electron chi connectivity index (χ4n) is 5.17. The van der Waals surface area contributed by atoms with Crippen LogP contribution < -0.4 is 0 Å². The summed E-state index contributed by atoms with van der Waals surface area (Å²) in [5, 5.41) is 11.6. The number of nitrogens with zero attached hydrogens (tertiary/aromatic N) is 2. The number of carbonyl (C=O) groups excluding carboxylic acids is 3. The minimum atomic E-state index is -0.729. The van der Waals surface area contributed by atoms with E-state index in [0.717, 1.165) is 30.8 Å². The van der Waals surface area contributed by atoms with Gasteiger partial charge in [-0.2, -0.15) is 0 Å². The van der Waals surface area contributed by atoms with Crippen molar-refractivity contribution in [3.05, 3.63) is 63.5 Å². The smallest absolute Gasteiger partial charge is 0.355 e. The molecule has 0 radical (unpaired) electrons. The molecule has 1 atom stereocenters. The van der Waals surface area contributed by atoms with E-state index >= 15 is 0 Å². The van der Waals surface area contributed by atoms with Crippen molar-refractivity contribution in [1.82, 2.24) is 14.8 Å². The van der Waals surface area contributed by atoms with E-state index in [9.17, 15) is 19.5 Å². The van der Waals surface area contributed by atoms with Gasteiger partial charge in [-0.25, -0.2) is 4.79 Å². The van der Waals surface area contributed by atoms with Gasteiger partial charge in [0.2, 0.25) is 0 Å². The summed E-state index contributed by atoms with van der Waals surface area (Å²) in [6.07, 6.45) is 0.699.